The van der Waals surface area contributed by atoms with Crippen molar-refractivity contribution in [1.82, 2.24) is 0 Å². The Labute approximate surface area is 342 Å². The first-order chi connectivity index (χ1) is 28.0. The Morgan fingerprint density at radius 2 is 0.717 bits per heavy atom. The number of carbonyl (C=O) groups excluding carboxylic acids is 9. The molecule has 0 saturated carbocycles. The summed E-state index contributed by atoms with van der Waals surface area (Å²) in [6, 6.07) is 0. The predicted molar refractivity (Wildman–Crippen MR) is 186 cm³/mol. The van der Waals surface area contributed by atoms with Crippen LogP contribution in [0.2, 0.25) is 0 Å². The van der Waals surface area contributed by atoms with Crippen LogP contribution in [0.5, 0.6) is 0 Å². The van der Waals surface area contributed by atoms with Gasteiger partial charge in [0, 0.05) is 62.3 Å². The first-order valence-corrected chi connectivity index (χ1v) is 18.4. The first kappa shape index (κ1) is 49.4. The smallest absolute Gasteiger partial charge is 0.303 e. The van der Waals surface area contributed by atoms with Gasteiger partial charge < -0.3 is 71.4 Å². The van der Waals surface area contributed by atoms with Crippen LogP contribution < -0.4 is 0 Å². The number of hydrogen-bond donors (Lipinski definition) is 1. The van der Waals surface area contributed by atoms with E-state index in [1.54, 1.807) is 0 Å². The molecule has 0 radical (unpaired) electrons. The van der Waals surface area contributed by atoms with Crippen molar-refractivity contribution in [3.05, 3.63) is 0 Å². The van der Waals surface area contributed by atoms with Crippen LogP contribution in [0, 0.1) is 0 Å². The van der Waals surface area contributed by atoms with Gasteiger partial charge in [-0.1, -0.05) is 0 Å². The third kappa shape index (κ3) is 14.0. The summed E-state index contributed by atoms with van der Waals surface area (Å²) in [4.78, 5) is 111. The number of carbonyl (C=O) groups is 9. The Morgan fingerprint density at radius 1 is 0.383 bits per heavy atom. The number of esters is 9. The second-order valence-electron chi connectivity index (χ2n) is 13.6. The predicted octanol–water partition coefficient (Wildman–Crippen LogP) is -1.41. The molecule has 3 aliphatic rings. The van der Waals surface area contributed by atoms with Crippen molar-refractivity contribution in [1.29, 1.82) is 0 Å². The van der Waals surface area contributed by atoms with Gasteiger partial charge in [-0.3, -0.25) is 43.2 Å². The Hall–Kier alpha value is -5.01. The second kappa shape index (κ2) is 22.0. The summed E-state index contributed by atoms with van der Waals surface area (Å²) in [5, 5.41) is 10.9. The molecule has 0 aliphatic carbocycles. The zero-order valence-corrected chi connectivity index (χ0v) is 34.4. The van der Waals surface area contributed by atoms with E-state index in [1.807, 2.05) is 0 Å². The lowest BCUT2D eigenvalue weighted by atomic mass is 9.95. The van der Waals surface area contributed by atoms with Gasteiger partial charge in [0.05, 0.1) is 6.10 Å². The fourth-order valence-electron chi connectivity index (χ4n) is 6.55. The Morgan fingerprint density at radius 3 is 1.17 bits per heavy atom. The maximum atomic E-state index is 12.8. The number of aliphatic hydroxyl groups is 1. The molecule has 0 spiro atoms. The van der Waals surface area contributed by atoms with E-state index in [2.05, 4.69) is 0 Å². The summed E-state index contributed by atoms with van der Waals surface area (Å²) in [7, 11) is 0. The lowest BCUT2D eigenvalue weighted by Crippen LogP contribution is -2.68. The summed E-state index contributed by atoms with van der Waals surface area (Å²) < 4.78 is 79.2. The average molecular weight is 867 g/mol. The monoisotopic (exact) mass is 866 g/mol. The zero-order chi connectivity index (χ0) is 45.2. The molecule has 1 unspecified atom stereocenters. The molecule has 0 amide bonds. The van der Waals surface area contributed by atoms with Crippen molar-refractivity contribution in [2.45, 2.75) is 161 Å². The molecular formula is C36H50O24. The highest BCUT2D eigenvalue weighted by Gasteiger charge is 2.59. The SMILES string of the molecule is CC(=O)OC[C@H]1O[C@@H](O[C@H]2[C@H](OC(C)=O)[C@@H](OC(C)=O)C(O)O[C@@H]2COC(C)=O)[C@H](O[C@@H]2O[C@@H](C)[C@@H](OC(C)=O)[C@@H](OC(C)=O)[C@@H]2OC(C)=O)[C@@H](OC(C)=O)[C@H]1OC(C)=O. The average Bonchev–Trinajstić information content (AvgIpc) is 3.10. The maximum Gasteiger partial charge on any atom is 0.303 e. The lowest BCUT2D eigenvalue weighted by molar-refractivity contribution is -0.386. The molecule has 24 heteroatoms. The lowest BCUT2D eigenvalue weighted by Gasteiger charge is -2.50. The molecule has 3 saturated heterocycles. The molecule has 338 valence electrons. The summed E-state index contributed by atoms with van der Waals surface area (Å²) in [6.45, 7) is 9.09. The van der Waals surface area contributed by atoms with Crippen molar-refractivity contribution in [3.63, 3.8) is 0 Å². The molecule has 3 aliphatic heterocycles. The highest BCUT2D eigenvalue weighted by atomic mass is 16.8. The van der Waals surface area contributed by atoms with Gasteiger partial charge in [0.1, 0.15) is 31.5 Å². The topological polar surface area (TPSA) is 303 Å². The number of rotatable bonds is 15. The van der Waals surface area contributed by atoms with Crippen LogP contribution in [0.15, 0.2) is 0 Å². The van der Waals surface area contributed by atoms with E-state index < -0.39 is 159 Å². The van der Waals surface area contributed by atoms with Crippen LogP contribution in [0.3, 0.4) is 0 Å². The van der Waals surface area contributed by atoms with Crippen molar-refractivity contribution in [3.8, 4) is 0 Å². The van der Waals surface area contributed by atoms with Crippen LogP contribution in [0.4, 0.5) is 0 Å². The fourth-order valence-corrected chi connectivity index (χ4v) is 6.55. The summed E-state index contributed by atoms with van der Waals surface area (Å²) in [5.41, 5.74) is 0. The maximum absolute atomic E-state index is 12.8. The molecule has 3 rings (SSSR count). The van der Waals surface area contributed by atoms with E-state index >= 15 is 0 Å². The van der Waals surface area contributed by atoms with Gasteiger partial charge in [0.15, 0.2) is 67.7 Å². The van der Waals surface area contributed by atoms with Crippen molar-refractivity contribution < 1.29 is 115 Å². The molecule has 3 fully saturated rings. The minimum absolute atomic E-state index is 0.691. The van der Waals surface area contributed by atoms with Crippen LogP contribution in [-0.2, 0) is 109 Å². The first-order valence-electron chi connectivity index (χ1n) is 18.4. The number of hydrogen-bond acceptors (Lipinski definition) is 24. The molecule has 60 heavy (non-hydrogen) atoms. The quantitative estimate of drug-likeness (QED) is 0.146. The molecule has 0 bridgehead atoms. The largest absolute Gasteiger partial charge is 0.463 e. The van der Waals surface area contributed by atoms with Crippen LogP contribution in [0.1, 0.15) is 69.2 Å². The number of aliphatic hydroxyl groups excluding tert-OH is 1. The third-order valence-electron chi connectivity index (χ3n) is 8.53. The summed E-state index contributed by atoms with van der Waals surface area (Å²) in [5.74, 6) is -8.31. The normalized spacial score (nSPS) is 33.8. The van der Waals surface area contributed by atoms with Crippen molar-refractivity contribution >= 4 is 53.7 Å². The molecule has 0 aromatic rings. The van der Waals surface area contributed by atoms with E-state index in [9.17, 15) is 48.3 Å². The molecule has 24 nitrogen and oxygen atoms in total. The highest BCUT2D eigenvalue weighted by molar-refractivity contribution is 5.70. The van der Waals surface area contributed by atoms with Crippen LogP contribution in [-0.4, -0.2) is 164 Å². The van der Waals surface area contributed by atoms with Crippen LogP contribution in [0.25, 0.3) is 0 Å². The van der Waals surface area contributed by atoms with Crippen molar-refractivity contribution in [2.75, 3.05) is 13.2 Å². The zero-order valence-electron chi connectivity index (χ0n) is 34.4. The van der Waals surface area contributed by atoms with E-state index in [0.29, 0.717) is 0 Å². The van der Waals surface area contributed by atoms with Gasteiger partial charge in [0.25, 0.3) is 0 Å². The van der Waals surface area contributed by atoms with Crippen molar-refractivity contribution in [2.24, 2.45) is 0 Å². The highest BCUT2D eigenvalue weighted by Crippen LogP contribution is 2.38. The van der Waals surface area contributed by atoms with E-state index in [-0.39, 0.29) is 0 Å². The Bertz CT molecular complexity index is 1600. The standard InChI is InChI=1S/C36H50O24/c1-13-25(50-16(4)39)28(52-18(6)41)32(56-22(10)45)35(49-13)60-33-30(54-20(8)43)26(51-17(5)40)24(12-48-15(3)38)58-36(33)59-27-23(11-47-14(2)37)57-34(46)31(55-21(9)44)29(27)53-19(7)42/h13,23-36,46H,11-12H2,1-10H3/t13-,23+,24+,25+,26-,27+,28+,29-,30-,31+,32-,33+,34?,35-,36-/m0/s1. The Kier molecular flexibility index (Phi) is 18.1. The molecule has 0 aromatic heterocycles. The molecule has 0 aromatic carbocycles. The van der Waals surface area contributed by atoms with Gasteiger partial charge in [-0.15, -0.1) is 0 Å². The van der Waals surface area contributed by atoms with E-state index in [4.69, 9.17) is 66.3 Å². The molecule has 15 atom stereocenters. The molecule has 1 N–H and O–H groups in total. The van der Waals surface area contributed by atoms with Gasteiger partial charge in [-0.25, -0.2) is 0 Å². The summed E-state index contributed by atoms with van der Waals surface area (Å²) >= 11 is 0. The van der Waals surface area contributed by atoms with E-state index in [1.165, 1.54) is 6.92 Å². The third-order valence-corrected chi connectivity index (χ3v) is 8.53. The fraction of sp³-hybridized carbons (Fsp3) is 0.750. The minimum atomic E-state index is -2.02. The summed E-state index contributed by atoms with van der Waals surface area (Å²) in [6.07, 6.45) is -25.9. The van der Waals surface area contributed by atoms with Crippen LogP contribution >= 0.6 is 0 Å². The van der Waals surface area contributed by atoms with Gasteiger partial charge >= 0.3 is 53.7 Å². The molecule has 3 heterocycles. The van der Waals surface area contributed by atoms with E-state index in [0.717, 1.165) is 62.3 Å². The number of ether oxygens (including phenoxy) is 14. The van der Waals surface area contributed by atoms with Gasteiger partial charge in [-0.2, -0.15) is 0 Å². The molecular weight excluding hydrogens is 816 g/mol. The van der Waals surface area contributed by atoms with Gasteiger partial charge in [-0.05, 0) is 6.92 Å². The Balaban J connectivity index is 2.31. The second-order valence-corrected chi connectivity index (χ2v) is 13.6. The van der Waals surface area contributed by atoms with Gasteiger partial charge in [0.2, 0.25) is 0 Å². The minimum Gasteiger partial charge on any atom is -0.463 e.